The summed E-state index contributed by atoms with van der Waals surface area (Å²) in [5.74, 6) is 0.226. The molecule has 2 aromatic rings. The van der Waals surface area contributed by atoms with Crippen molar-refractivity contribution in [2.75, 3.05) is 5.73 Å². The third-order valence-corrected chi connectivity index (χ3v) is 4.18. The molecule has 0 bridgehead atoms. The van der Waals surface area contributed by atoms with E-state index in [9.17, 15) is 8.42 Å². The number of aromatic amines is 1. The number of halogens is 1. The largest absolute Gasteiger partial charge is 0.398 e. The number of nitrogen functional groups attached to an aromatic ring is 1. The van der Waals surface area contributed by atoms with E-state index < -0.39 is 16.1 Å². The molecule has 0 saturated carbocycles. The van der Waals surface area contributed by atoms with Gasteiger partial charge in [0.25, 0.3) is 0 Å². The van der Waals surface area contributed by atoms with Gasteiger partial charge in [-0.05, 0) is 25.1 Å². The summed E-state index contributed by atoms with van der Waals surface area (Å²) in [4.78, 5) is -0.0876. The van der Waals surface area contributed by atoms with E-state index in [0.717, 1.165) is 0 Å². The van der Waals surface area contributed by atoms with Gasteiger partial charge in [0.1, 0.15) is 4.90 Å². The molecular weight excluding hydrogens is 292 g/mol. The van der Waals surface area contributed by atoms with Gasteiger partial charge < -0.3 is 5.73 Å². The van der Waals surface area contributed by atoms with Crippen molar-refractivity contribution < 1.29 is 8.42 Å². The summed E-state index contributed by atoms with van der Waals surface area (Å²) in [6, 6.07) is 3.57. The van der Waals surface area contributed by atoms with Crippen molar-refractivity contribution in [3.8, 4) is 0 Å². The molecule has 19 heavy (non-hydrogen) atoms. The number of rotatable bonds is 4. The van der Waals surface area contributed by atoms with Crippen LogP contribution in [-0.4, -0.2) is 29.0 Å². The lowest BCUT2D eigenvalue weighted by molar-refractivity contribution is 0.560. The average Bonchev–Trinajstić information content (AvgIpc) is 2.85. The van der Waals surface area contributed by atoms with E-state index in [1.54, 1.807) is 6.92 Å². The Kier molecular flexibility index (Phi) is 3.69. The third-order valence-electron chi connectivity index (χ3n) is 2.35. The SMILES string of the molecule is CC(NS(=O)(=O)c1cc(Cl)ccc1N)c1nn[nH]n1. The van der Waals surface area contributed by atoms with Gasteiger partial charge in [0, 0.05) is 5.02 Å². The van der Waals surface area contributed by atoms with Crippen molar-refractivity contribution in [1.82, 2.24) is 25.3 Å². The fourth-order valence-corrected chi connectivity index (χ4v) is 3.04. The van der Waals surface area contributed by atoms with Crippen LogP contribution in [0.2, 0.25) is 5.02 Å². The van der Waals surface area contributed by atoms with E-state index in [1.807, 2.05) is 0 Å². The van der Waals surface area contributed by atoms with E-state index in [1.165, 1.54) is 18.2 Å². The van der Waals surface area contributed by atoms with E-state index in [4.69, 9.17) is 17.3 Å². The van der Waals surface area contributed by atoms with Gasteiger partial charge >= 0.3 is 0 Å². The van der Waals surface area contributed by atoms with E-state index in [2.05, 4.69) is 25.3 Å². The molecular formula is C9H11ClN6O2S. The number of aromatic nitrogens is 4. The number of nitrogens with two attached hydrogens (primary N) is 1. The topological polar surface area (TPSA) is 127 Å². The number of hydrogen-bond acceptors (Lipinski definition) is 6. The van der Waals surface area contributed by atoms with Gasteiger partial charge in [0.05, 0.1) is 11.7 Å². The summed E-state index contributed by atoms with van der Waals surface area (Å²) >= 11 is 5.77. The maximum absolute atomic E-state index is 12.2. The molecule has 0 spiro atoms. The van der Waals surface area contributed by atoms with Gasteiger partial charge in [-0.1, -0.05) is 16.8 Å². The van der Waals surface area contributed by atoms with Gasteiger partial charge in [0.15, 0.2) is 5.82 Å². The Bertz CT molecular complexity index is 672. The number of nitrogens with zero attached hydrogens (tertiary/aromatic N) is 3. The number of H-pyrrole nitrogens is 1. The number of sulfonamides is 1. The first-order valence-corrected chi connectivity index (χ1v) is 7.07. The van der Waals surface area contributed by atoms with Crippen LogP contribution in [0.3, 0.4) is 0 Å². The van der Waals surface area contributed by atoms with Crippen LogP contribution >= 0.6 is 11.6 Å². The van der Waals surface area contributed by atoms with E-state index >= 15 is 0 Å². The molecule has 4 N–H and O–H groups in total. The van der Waals surface area contributed by atoms with Crippen molar-refractivity contribution in [3.63, 3.8) is 0 Å². The number of anilines is 1. The van der Waals surface area contributed by atoms with Crippen LogP contribution in [-0.2, 0) is 10.0 Å². The average molecular weight is 303 g/mol. The molecule has 2 rings (SSSR count). The van der Waals surface area contributed by atoms with Crippen molar-refractivity contribution in [1.29, 1.82) is 0 Å². The zero-order chi connectivity index (χ0) is 14.0. The van der Waals surface area contributed by atoms with E-state index in [0.29, 0.717) is 0 Å². The molecule has 102 valence electrons. The van der Waals surface area contributed by atoms with Gasteiger partial charge in [-0.2, -0.15) is 5.21 Å². The second-order valence-corrected chi connectivity index (χ2v) is 5.91. The Labute approximate surface area is 114 Å². The summed E-state index contributed by atoms with van der Waals surface area (Å²) in [5.41, 5.74) is 5.75. The summed E-state index contributed by atoms with van der Waals surface area (Å²) in [5, 5.41) is 13.3. The third kappa shape index (κ3) is 3.00. The van der Waals surface area contributed by atoms with Crippen LogP contribution in [0.5, 0.6) is 0 Å². The maximum Gasteiger partial charge on any atom is 0.243 e. The molecule has 1 unspecified atom stereocenters. The molecule has 0 saturated heterocycles. The fourth-order valence-electron chi connectivity index (χ4n) is 1.44. The van der Waals surface area contributed by atoms with Crippen LogP contribution in [0.1, 0.15) is 18.8 Å². The molecule has 1 atom stereocenters. The number of benzene rings is 1. The van der Waals surface area contributed by atoms with Gasteiger partial charge in [-0.3, -0.25) is 0 Å². The zero-order valence-electron chi connectivity index (χ0n) is 9.83. The highest BCUT2D eigenvalue weighted by molar-refractivity contribution is 7.89. The van der Waals surface area contributed by atoms with Gasteiger partial charge in [-0.25, -0.2) is 13.1 Å². The van der Waals surface area contributed by atoms with Crippen LogP contribution in [0.4, 0.5) is 5.69 Å². The second-order valence-electron chi connectivity index (χ2n) is 3.80. The maximum atomic E-state index is 12.2. The molecule has 0 aliphatic heterocycles. The first-order chi connectivity index (χ1) is 8.90. The minimum atomic E-state index is -3.82. The number of tetrazole rings is 1. The van der Waals surface area contributed by atoms with Gasteiger partial charge in [0.2, 0.25) is 10.0 Å². The van der Waals surface area contributed by atoms with Crippen molar-refractivity contribution >= 4 is 27.3 Å². The lowest BCUT2D eigenvalue weighted by Gasteiger charge is -2.12. The van der Waals surface area contributed by atoms with Crippen LogP contribution in [0.25, 0.3) is 0 Å². The predicted molar refractivity (Wildman–Crippen MR) is 68.8 cm³/mol. The molecule has 0 aliphatic carbocycles. The molecule has 0 fully saturated rings. The molecule has 1 aromatic heterocycles. The van der Waals surface area contributed by atoms with E-state index in [-0.39, 0.29) is 21.4 Å². The van der Waals surface area contributed by atoms with Crippen LogP contribution in [0.15, 0.2) is 23.1 Å². The fraction of sp³-hybridized carbons (Fsp3) is 0.222. The first-order valence-electron chi connectivity index (χ1n) is 5.21. The monoisotopic (exact) mass is 302 g/mol. The predicted octanol–water partition coefficient (Wildman–Crippen LogP) is 0.475. The summed E-state index contributed by atoms with van der Waals surface area (Å²) in [7, 11) is -3.82. The Morgan fingerprint density at radius 3 is 2.84 bits per heavy atom. The normalized spacial score (nSPS) is 13.4. The first kappa shape index (κ1) is 13.7. The number of hydrogen-bond donors (Lipinski definition) is 3. The lowest BCUT2D eigenvalue weighted by atomic mass is 10.3. The Morgan fingerprint density at radius 1 is 1.47 bits per heavy atom. The smallest absolute Gasteiger partial charge is 0.243 e. The van der Waals surface area contributed by atoms with Crippen molar-refractivity contribution in [2.24, 2.45) is 0 Å². The molecule has 0 radical (unpaired) electrons. The van der Waals surface area contributed by atoms with Crippen molar-refractivity contribution in [3.05, 3.63) is 29.0 Å². The van der Waals surface area contributed by atoms with Crippen LogP contribution < -0.4 is 10.5 Å². The highest BCUT2D eigenvalue weighted by Gasteiger charge is 2.23. The zero-order valence-corrected chi connectivity index (χ0v) is 11.4. The van der Waals surface area contributed by atoms with Crippen LogP contribution in [0, 0.1) is 0 Å². The van der Waals surface area contributed by atoms with Crippen molar-refractivity contribution in [2.45, 2.75) is 17.9 Å². The number of nitrogens with one attached hydrogen (secondary N) is 2. The summed E-state index contributed by atoms with van der Waals surface area (Å²) in [6.45, 7) is 1.59. The lowest BCUT2D eigenvalue weighted by Crippen LogP contribution is -2.28. The Morgan fingerprint density at radius 2 is 2.21 bits per heavy atom. The highest BCUT2D eigenvalue weighted by Crippen LogP contribution is 2.23. The summed E-state index contributed by atoms with van der Waals surface area (Å²) in [6.07, 6.45) is 0. The quantitative estimate of drug-likeness (QED) is 0.705. The Balaban J connectivity index is 2.30. The Hall–Kier alpha value is -1.71. The standard InChI is InChI=1S/C9H11ClN6O2S/c1-5(9-12-15-16-13-9)14-19(17,18)8-4-6(10)2-3-7(8)11/h2-5,14H,11H2,1H3,(H,12,13,15,16). The minimum absolute atomic E-state index is 0.0876. The summed E-state index contributed by atoms with van der Waals surface area (Å²) < 4.78 is 26.7. The highest BCUT2D eigenvalue weighted by atomic mass is 35.5. The molecule has 10 heteroatoms. The molecule has 0 aliphatic rings. The van der Waals surface area contributed by atoms with Gasteiger partial charge in [-0.15, -0.1) is 10.2 Å². The molecule has 0 amide bonds. The minimum Gasteiger partial charge on any atom is -0.398 e. The molecule has 1 aromatic carbocycles. The molecule has 8 nitrogen and oxygen atoms in total. The molecule has 1 heterocycles. The second kappa shape index (κ2) is 5.11.